The van der Waals surface area contributed by atoms with Gasteiger partial charge in [-0.3, -0.25) is 0 Å². The van der Waals surface area contributed by atoms with E-state index in [0.29, 0.717) is 18.5 Å². The molecule has 0 amide bonds. The van der Waals surface area contributed by atoms with Gasteiger partial charge in [-0.2, -0.15) is 0 Å². The lowest BCUT2D eigenvalue weighted by atomic mass is 9.98. The maximum absolute atomic E-state index is 5.88. The van der Waals surface area contributed by atoms with Gasteiger partial charge in [0.2, 0.25) is 0 Å². The smallest absolute Gasteiger partial charge is 0.189 e. The summed E-state index contributed by atoms with van der Waals surface area (Å²) in [5.74, 6) is 1.59. The topological polar surface area (TPSA) is 59.6 Å². The van der Waals surface area contributed by atoms with Gasteiger partial charge in [0.1, 0.15) is 5.75 Å². The van der Waals surface area contributed by atoms with Gasteiger partial charge in [0, 0.05) is 6.04 Å². The number of aliphatic imine (C=N–C) groups is 1. The average molecular weight is 321 g/mol. The number of nitrogens with one attached hydrogen (secondary N) is 1. The van der Waals surface area contributed by atoms with Gasteiger partial charge in [-0.25, -0.2) is 4.99 Å². The first-order valence-corrected chi connectivity index (χ1v) is 8.69. The molecule has 3 N–H and O–H groups in total. The molecule has 1 aliphatic heterocycles. The predicted octanol–water partition coefficient (Wildman–Crippen LogP) is 3.25. The third kappa shape index (κ3) is 3.53. The summed E-state index contributed by atoms with van der Waals surface area (Å²) in [7, 11) is 0. The van der Waals surface area contributed by atoms with Crippen molar-refractivity contribution in [2.24, 2.45) is 10.7 Å². The van der Waals surface area contributed by atoms with Gasteiger partial charge in [-0.15, -0.1) is 0 Å². The van der Waals surface area contributed by atoms with Crippen molar-refractivity contribution >= 4 is 5.96 Å². The summed E-state index contributed by atoms with van der Waals surface area (Å²) in [5.41, 5.74) is 10.8. The van der Waals surface area contributed by atoms with Crippen molar-refractivity contribution < 1.29 is 4.74 Å². The third-order valence-electron chi connectivity index (χ3n) is 4.56. The fourth-order valence-electron chi connectivity index (χ4n) is 3.00. The van der Waals surface area contributed by atoms with E-state index < -0.39 is 0 Å². The zero-order valence-corrected chi connectivity index (χ0v) is 13.8. The highest BCUT2D eigenvalue weighted by atomic mass is 16.5. The Morgan fingerprint density at radius 2 is 1.92 bits per heavy atom. The standard InChI is InChI=1S/C20H23N3O/c21-20(23-18-8-9-18)22-13-14-3-5-15(6-4-14)16-7-10-19-17(12-16)2-1-11-24-19/h3-7,10,12,18H,1-2,8-9,11,13H2,(H3,21,22,23). The Morgan fingerprint density at radius 1 is 1.12 bits per heavy atom. The highest BCUT2D eigenvalue weighted by Crippen LogP contribution is 2.30. The first kappa shape index (κ1) is 15.1. The van der Waals surface area contributed by atoms with Crippen molar-refractivity contribution in [2.75, 3.05) is 6.61 Å². The van der Waals surface area contributed by atoms with E-state index in [1.165, 1.54) is 35.1 Å². The second-order valence-electron chi connectivity index (χ2n) is 6.59. The van der Waals surface area contributed by atoms with Crippen LogP contribution in [-0.2, 0) is 13.0 Å². The van der Waals surface area contributed by atoms with Gasteiger partial charge >= 0.3 is 0 Å². The van der Waals surface area contributed by atoms with Crippen LogP contribution in [-0.4, -0.2) is 18.6 Å². The molecule has 0 aromatic heterocycles. The molecule has 1 saturated carbocycles. The predicted molar refractivity (Wildman–Crippen MR) is 97.2 cm³/mol. The highest BCUT2D eigenvalue weighted by molar-refractivity contribution is 5.78. The van der Waals surface area contributed by atoms with Crippen molar-refractivity contribution in [1.82, 2.24) is 5.32 Å². The van der Waals surface area contributed by atoms with Crippen LogP contribution in [0.2, 0.25) is 0 Å². The van der Waals surface area contributed by atoms with E-state index in [4.69, 9.17) is 10.5 Å². The zero-order chi connectivity index (χ0) is 16.4. The van der Waals surface area contributed by atoms with E-state index in [1.54, 1.807) is 0 Å². The number of aryl methyl sites for hydroxylation is 1. The second kappa shape index (κ2) is 6.56. The minimum Gasteiger partial charge on any atom is -0.493 e. The van der Waals surface area contributed by atoms with Crippen molar-refractivity contribution in [1.29, 1.82) is 0 Å². The lowest BCUT2D eigenvalue weighted by Crippen LogP contribution is -2.33. The van der Waals surface area contributed by atoms with Crippen LogP contribution in [0.25, 0.3) is 11.1 Å². The fourth-order valence-corrected chi connectivity index (χ4v) is 3.00. The van der Waals surface area contributed by atoms with Gasteiger partial charge in [0.25, 0.3) is 0 Å². The average Bonchev–Trinajstić information content (AvgIpc) is 3.44. The monoisotopic (exact) mass is 321 g/mol. The Balaban J connectivity index is 1.45. The molecule has 2 aromatic rings. The Bertz CT molecular complexity index is 748. The number of nitrogens with zero attached hydrogens (tertiary/aromatic N) is 1. The summed E-state index contributed by atoms with van der Waals surface area (Å²) in [4.78, 5) is 4.40. The molecular weight excluding hydrogens is 298 g/mol. The lowest BCUT2D eigenvalue weighted by molar-refractivity contribution is 0.288. The van der Waals surface area contributed by atoms with Crippen LogP contribution >= 0.6 is 0 Å². The molecule has 0 radical (unpaired) electrons. The molecule has 0 atom stereocenters. The summed E-state index contributed by atoms with van der Waals surface area (Å²) < 4.78 is 5.69. The minimum absolute atomic E-state index is 0.545. The van der Waals surface area contributed by atoms with E-state index in [1.807, 2.05) is 0 Å². The van der Waals surface area contributed by atoms with E-state index in [2.05, 4.69) is 52.8 Å². The largest absolute Gasteiger partial charge is 0.493 e. The van der Waals surface area contributed by atoms with Gasteiger partial charge in [-0.1, -0.05) is 30.3 Å². The number of hydrogen-bond acceptors (Lipinski definition) is 2. The normalized spacial score (nSPS) is 17.1. The molecule has 124 valence electrons. The summed E-state index contributed by atoms with van der Waals surface area (Å²) >= 11 is 0. The van der Waals surface area contributed by atoms with Crippen LogP contribution in [0.1, 0.15) is 30.4 Å². The van der Waals surface area contributed by atoms with Crippen LogP contribution in [0.5, 0.6) is 5.75 Å². The molecule has 0 saturated heterocycles. The number of fused-ring (bicyclic) bond motifs is 1. The van der Waals surface area contributed by atoms with Crippen molar-refractivity contribution in [2.45, 2.75) is 38.3 Å². The number of benzene rings is 2. The number of guanidine groups is 1. The zero-order valence-electron chi connectivity index (χ0n) is 13.8. The molecule has 0 spiro atoms. The summed E-state index contributed by atoms with van der Waals surface area (Å²) in [6.45, 7) is 1.45. The second-order valence-corrected chi connectivity index (χ2v) is 6.59. The number of hydrogen-bond donors (Lipinski definition) is 2. The van der Waals surface area contributed by atoms with E-state index >= 15 is 0 Å². The van der Waals surface area contributed by atoms with E-state index in [9.17, 15) is 0 Å². The number of ether oxygens (including phenoxy) is 1. The van der Waals surface area contributed by atoms with Crippen LogP contribution in [0, 0.1) is 0 Å². The van der Waals surface area contributed by atoms with Crippen LogP contribution in [0.4, 0.5) is 0 Å². The highest BCUT2D eigenvalue weighted by Gasteiger charge is 2.21. The SMILES string of the molecule is NC(=NCc1ccc(-c2ccc3c(c2)CCCO3)cc1)NC1CC1. The third-order valence-corrected chi connectivity index (χ3v) is 4.56. The van der Waals surface area contributed by atoms with Crippen LogP contribution in [0.3, 0.4) is 0 Å². The summed E-state index contributed by atoms with van der Waals surface area (Å²) in [6, 6.07) is 15.6. The first-order valence-electron chi connectivity index (χ1n) is 8.69. The van der Waals surface area contributed by atoms with E-state index in [0.717, 1.165) is 25.2 Å². The Hall–Kier alpha value is -2.49. The van der Waals surface area contributed by atoms with Gasteiger partial charge in [-0.05, 0) is 60.1 Å². The van der Waals surface area contributed by atoms with E-state index in [-0.39, 0.29) is 0 Å². The molecule has 0 unspecified atom stereocenters. The maximum atomic E-state index is 5.88. The molecule has 2 aromatic carbocycles. The minimum atomic E-state index is 0.545. The molecule has 4 nitrogen and oxygen atoms in total. The van der Waals surface area contributed by atoms with Gasteiger partial charge < -0.3 is 15.8 Å². The quantitative estimate of drug-likeness (QED) is 0.671. The molecule has 1 aliphatic carbocycles. The first-order chi connectivity index (χ1) is 11.8. The Kier molecular flexibility index (Phi) is 4.11. The lowest BCUT2D eigenvalue weighted by Gasteiger charge is -2.18. The van der Waals surface area contributed by atoms with Crippen molar-refractivity contribution in [3.63, 3.8) is 0 Å². The number of rotatable bonds is 4. The Morgan fingerprint density at radius 3 is 2.71 bits per heavy atom. The number of nitrogens with two attached hydrogens (primary N) is 1. The van der Waals surface area contributed by atoms with Crippen molar-refractivity contribution in [3.8, 4) is 16.9 Å². The molecule has 1 fully saturated rings. The van der Waals surface area contributed by atoms with Gasteiger partial charge in [0.05, 0.1) is 13.2 Å². The van der Waals surface area contributed by atoms with Crippen LogP contribution in [0.15, 0.2) is 47.5 Å². The van der Waals surface area contributed by atoms with Crippen LogP contribution < -0.4 is 15.8 Å². The maximum Gasteiger partial charge on any atom is 0.189 e. The molecule has 0 bridgehead atoms. The van der Waals surface area contributed by atoms with Crippen molar-refractivity contribution in [3.05, 3.63) is 53.6 Å². The summed E-state index contributed by atoms with van der Waals surface area (Å²) in [5, 5.41) is 3.21. The summed E-state index contributed by atoms with van der Waals surface area (Å²) in [6.07, 6.45) is 4.61. The Labute approximate surface area is 142 Å². The molecule has 2 aliphatic rings. The van der Waals surface area contributed by atoms with Gasteiger partial charge in [0.15, 0.2) is 5.96 Å². The molecule has 4 heteroatoms. The molecule has 24 heavy (non-hydrogen) atoms. The molecular formula is C20H23N3O. The molecule has 4 rings (SSSR count). The fraction of sp³-hybridized carbons (Fsp3) is 0.350. The molecule has 1 heterocycles.